The van der Waals surface area contributed by atoms with Gasteiger partial charge in [0.25, 0.3) is 11.6 Å². The number of amides is 1. The molecular formula is C18H18N2O5. The highest BCUT2D eigenvalue weighted by atomic mass is 16.6. The van der Waals surface area contributed by atoms with E-state index in [1.54, 1.807) is 12.1 Å². The molecule has 0 saturated carbocycles. The zero-order valence-corrected chi connectivity index (χ0v) is 13.9. The first-order valence-corrected chi connectivity index (χ1v) is 7.69. The first-order valence-electron chi connectivity index (χ1n) is 7.69. The summed E-state index contributed by atoms with van der Waals surface area (Å²) in [6, 6.07) is 12.5. The number of rotatable bonds is 6. The van der Waals surface area contributed by atoms with Crippen molar-refractivity contribution in [2.24, 2.45) is 0 Å². The molecular weight excluding hydrogens is 324 g/mol. The van der Waals surface area contributed by atoms with Crippen LogP contribution in [-0.2, 0) is 9.53 Å². The van der Waals surface area contributed by atoms with Crippen molar-refractivity contribution >= 4 is 23.3 Å². The van der Waals surface area contributed by atoms with Gasteiger partial charge in [-0.15, -0.1) is 0 Å². The predicted octanol–water partition coefficient (Wildman–Crippen LogP) is 3.51. The van der Waals surface area contributed by atoms with Gasteiger partial charge in [-0.25, -0.2) is 4.79 Å². The summed E-state index contributed by atoms with van der Waals surface area (Å²) in [5, 5.41) is 13.4. The molecule has 1 amide bonds. The topological polar surface area (TPSA) is 98.5 Å². The molecule has 7 nitrogen and oxygen atoms in total. The fourth-order valence-corrected chi connectivity index (χ4v) is 2.26. The third-order valence-corrected chi connectivity index (χ3v) is 3.48. The monoisotopic (exact) mass is 342 g/mol. The van der Waals surface area contributed by atoms with Gasteiger partial charge in [-0.3, -0.25) is 14.9 Å². The molecule has 0 spiro atoms. The number of non-ortho nitro benzene ring substituents is 1. The highest BCUT2D eigenvalue weighted by Gasteiger charge is 2.15. The molecule has 7 heteroatoms. The Morgan fingerprint density at radius 1 is 1.16 bits per heavy atom. The number of esters is 1. The number of hydrogen-bond donors (Lipinski definition) is 1. The summed E-state index contributed by atoms with van der Waals surface area (Å²) >= 11 is 0. The van der Waals surface area contributed by atoms with E-state index < -0.39 is 23.4 Å². The van der Waals surface area contributed by atoms with E-state index in [-0.39, 0.29) is 17.2 Å². The Morgan fingerprint density at radius 2 is 1.88 bits per heavy atom. The standard InChI is InChI=1S/C18H18N2O5/c1-12(2)15-8-3-4-9-16(15)19-17(21)11-25-18(22)13-6-5-7-14(10-13)20(23)24/h3-10,12H,11H2,1-2H3,(H,19,21). The molecule has 2 aromatic rings. The van der Waals surface area contributed by atoms with Crippen molar-refractivity contribution in [3.05, 3.63) is 69.8 Å². The number of nitrogens with zero attached hydrogens (tertiary/aromatic N) is 1. The molecule has 2 aromatic carbocycles. The van der Waals surface area contributed by atoms with Crippen LogP contribution in [0.2, 0.25) is 0 Å². The van der Waals surface area contributed by atoms with Crippen LogP contribution in [0, 0.1) is 10.1 Å². The summed E-state index contributed by atoms with van der Waals surface area (Å²) in [5.41, 5.74) is 1.43. The van der Waals surface area contributed by atoms with Gasteiger partial charge in [-0.05, 0) is 23.6 Å². The van der Waals surface area contributed by atoms with Crippen molar-refractivity contribution in [2.45, 2.75) is 19.8 Å². The molecule has 1 N–H and O–H groups in total. The van der Waals surface area contributed by atoms with Gasteiger partial charge in [-0.1, -0.05) is 38.1 Å². The van der Waals surface area contributed by atoms with Gasteiger partial charge in [0.05, 0.1) is 10.5 Å². The van der Waals surface area contributed by atoms with Crippen LogP contribution in [0.4, 0.5) is 11.4 Å². The van der Waals surface area contributed by atoms with Crippen LogP contribution in [-0.4, -0.2) is 23.4 Å². The number of anilines is 1. The lowest BCUT2D eigenvalue weighted by Gasteiger charge is -2.13. The van der Waals surface area contributed by atoms with E-state index in [4.69, 9.17) is 4.74 Å². The smallest absolute Gasteiger partial charge is 0.338 e. The quantitative estimate of drug-likeness (QED) is 0.492. The largest absolute Gasteiger partial charge is 0.452 e. The van der Waals surface area contributed by atoms with Gasteiger partial charge in [0.2, 0.25) is 0 Å². The van der Waals surface area contributed by atoms with E-state index in [0.717, 1.165) is 11.6 Å². The van der Waals surface area contributed by atoms with Gasteiger partial charge in [0.15, 0.2) is 6.61 Å². The van der Waals surface area contributed by atoms with E-state index in [9.17, 15) is 19.7 Å². The lowest BCUT2D eigenvalue weighted by Crippen LogP contribution is -2.21. The molecule has 0 radical (unpaired) electrons. The second kappa shape index (κ2) is 8.05. The summed E-state index contributed by atoms with van der Waals surface area (Å²) in [6.07, 6.45) is 0. The normalized spacial score (nSPS) is 10.4. The molecule has 0 atom stereocenters. The molecule has 0 aliphatic carbocycles. The Morgan fingerprint density at radius 3 is 2.56 bits per heavy atom. The Hall–Kier alpha value is -3.22. The maximum absolute atomic E-state index is 12.0. The SMILES string of the molecule is CC(C)c1ccccc1NC(=O)COC(=O)c1cccc([N+](=O)[O-])c1. The molecule has 130 valence electrons. The number of carbonyl (C=O) groups excluding carboxylic acids is 2. The minimum absolute atomic E-state index is 0.0181. The van der Waals surface area contributed by atoms with Crippen molar-refractivity contribution in [3.63, 3.8) is 0 Å². The minimum Gasteiger partial charge on any atom is -0.452 e. The average molecular weight is 342 g/mol. The van der Waals surface area contributed by atoms with Gasteiger partial charge in [0, 0.05) is 17.8 Å². The van der Waals surface area contributed by atoms with Crippen molar-refractivity contribution in [1.29, 1.82) is 0 Å². The number of hydrogen-bond acceptors (Lipinski definition) is 5. The molecule has 0 aliphatic rings. The van der Waals surface area contributed by atoms with Gasteiger partial charge in [-0.2, -0.15) is 0 Å². The van der Waals surface area contributed by atoms with Crippen molar-refractivity contribution in [1.82, 2.24) is 0 Å². The van der Waals surface area contributed by atoms with Crippen LogP contribution < -0.4 is 5.32 Å². The lowest BCUT2D eigenvalue weighted by atomic mass is 10.0. The van der Waals surface area contributed by atoms with Crippen LogP contribution in [0.15, 0.2) is 48.5 Å². The van der Waals surface area contributed by atoms with E-state index in [1.165, 1.54) is 18.2 Å². The van der Waals surface area contributed by atoms with E-state index in [0.29, 0.717) is 5.69 Å². The fourth-order valence-electron chi connectivity index (χ4n) is 2.26. The summed E-state index contributed by atoms with van der Waals surface area (Å²) in [7, 11) is 0. The molecule has 2 rings (SSSR count). The number of para-hydroxylation sites is 1. The number of benzene rings is 2. The van der Waals surface area contributed by atoms with Crippen LogP contribution in [0.5, 0.6) is 0 Å². The zero-order valence-electron chi connectivity index (χ0n) is 13.9. The molecule has 0 unspecified atom stereocenters. The molecule has 0 heterocycles. The van der Waals surface area contributed by atoms with Crippen LogP contribution >= 0.6 is 0 Å². The van der Waals surface area contributed by atoms with E-state index in [2.05, 4.69) is 5.32 Å². The fraction of sp³-hybridized carbons (Fsp3) is 0.222. The summed E-state index contributed by atoms with van der Waals surface area (Å²) in [4.78, 5) is 34.0. The molecule has 25 heavy (non-hydrogen) atoms. The molecule has 0 fully saturated rings. The van der Waals surface area contributed by atoms with Gasteiger partial charge in [0.1, 0.15) is 0 Å². The summed E-state index contributed by atoms with van der Waals surface area (Å²) in [6.45, 7) is 3.54. The van der Waals surface area contributed by atoms with E-state index in [1.807, 2.05) is 26.0 Å². The Balaban J connectivity index is 1.97. The highest BCUT2D eigenvalue weighted by Crippen LogP contribution is 2.23. The van der Waals surface area contributed by atoms with Crippen molar-refractivity contribution in [2.75, 3.05) is 11.9 Å². The first-order chi connectivity index (χ1) is 11.9. The third-order valence-electron chi connectivity index (χ3n) is 3.48. The molecule has 0 aromatic heterocycles. The van der Waals surface area contributed by atoms with Crippen LogP contribution in [0.3, 0.4) is 0 Å². The van der Waals surface area contributed by atoms with E-state index >= 15 is 0 Å². The van der Waals surface area contributed by atoms with Gasteiger partial charge < -0.3 is 10.1 Å². The second-order valence-electron chi connectivity index (χ2n) is 5.67. The maximum atomic E-state index is 12.0. The highest BCUT2D eigenvalue weighted by molar-refractivity contribution is 5.96. The van der Waals surface area contributed by atoms with Crippen molar-refractivity contribution < 1.29 is 19.2 Å². The van der Waals surface area contributed by atoms with Crippen molar-refractivity contribution in [3.8, 4) is 0 Å². The predicted molar refractivity (Wildman–Crippen MR) is 92.5 cm³/mol. The average Bonchev–Trinajstić information content (AvgIpc) is 2.60. The van der Waals surface area contributed by atoms with Gasteiger partial charge >= 0.3 is 5.97 Å². The summed E-state index contributed by atoms with van der Waals surface area (Å²) < 4.78 is 4.92. The Bertz CT molecular complexity index is 802. The molecule has 0 saturated heterocycles. The number of ether oxygens (including phenoxy) is 1. The molecule has 0 aliphatic heterocycles. The Labute approximate surface area is 144 Å². The molecule has 0 bridgehead atoms. The minimum atomic E-state index is -0.795. The maximum Gasteiger partial charge on any atom is 0.338 e. The van der Waals surface area contributed by atoms with Crippen LogP contribution in [0.1, 0.15) is 35.7 Å². The lowest BCUT2D eigenvalue weighted by molar-refractivity contribution is -0.384. The Kier molecular flexibility index (Phi) is 5.84. The second-order valence-corrected chi connectivity index (χ2v) is 5.67. The first kappa shape index (κ1) is 18.1. The number of nitro benzene ring substituents is 1. The number of carbonyl (C=O) groups is 2. The third kappa shape index (κ3) is 4.87. The number of nitrogens with one attached hydrogen (secondary N) is 1. The number of nitro groups is 1. The van der Waals surface area contributed by atoms with Crippen LogP contribution in [0.25, 0.3) is 0 Å². The summed E-state index contributed by atoms with van der Waals surface area (Å²) in [5.74, 6) is -1.05. The zero-order chi connectivity index (χ0) is 18.4.